The lowest BCUT2D eigenvalue weighted by molar-refractivity contribution is 0.101. The first-order valence-electron chi connectivity index (χ1n) is 8.22. The molecule has 0 saturated heterocycles. The number of benzene rings is 2. The molecule has 0 fully saturated rings. The first-order chi connectivity index (χ1) is 12.5. The molecule has 0 atom stereocenters. The van der Waals surface area contributed by atoms with Gasteiger partial charge in [0, 0.05) is 28.9 Å². The molecule has 0 radical (unpaired) electrons. The Morgan fingerprint density at radius 2 is 1.73 bits per heavy atom. The second kappa shape index (κ2) is 7.97. The molecular weight excluding hydrogens is 348 g/mol. The number of carbonyl (C=O) groups excluding carboxylic acids is 1. The molecule has 0 aliphatic carbocycles. The zero-order chi connectivity index (χ0) is 18.5. The van der Waals surface area contributed by atoms with Gasteiger partial charge < -0.3 is 10.6 Å². The summed E-state index contributed by atoms with van der Waals surface area (Å²) in [6, 6.07) is 16.8. The van der Waals surface area contributed by atoms with Crippen LogP contribution in [0.25, 0.3) is 0 Å². The highest BCUT2D eigenvalue weighted by molar-refractivity contribution is 6.31. The van der Waals surface area contributed by atoms with Crippen molar-refractivity contribution >= 4 is 34.7 Å². The van der Waals surface area contributed by atoms with Crippen molar-refractivity contribution in [2.75, 3.05) is 10.6 Å². The summed E-state index contributed by atoms with van der Waals surface area (Å²) < 4.78 is 0. The molecule has 0 bridgehead atoms. The minimum Gasteiger partial charge on any atom is -0.366 e. The van der Waals surface area contributed by atoms with Crippen molar-refractivity contribution in [3.05, 3.63) is 76.6 Å². The van der Waals surface area contributed by atoms with Crippen molar-refractivity contribution in [2.24, 2.45) is 0 Å². The third kappa shape index (κ3) is 4.58. The molecule has 0 saturated carbocycles. The van der Waals surface area contributed by atoms with Crippen LogP contribution in [-0.2, 0) is 6.54 Å². The Hall–Kier alpha value is -2.92. The molecule has 6 heteroatoms. The van der Waals surface area contributed by atoms with Crippen molar-refractivity contribution < 1.29 is 4.79 Å². The van der Waals surface area contributed by atoms with Crippen LogP contribution in [0, 0.1) is 6.92 Å². The van der Waals surface area contributed by atoms with E-state index >= 15 is 0 Å². The number of nitrogens with one attached hydrogen (secondary N) is 2. The van der Waals surface area contributed by atoms with Gasteiger partial charge in [-0.3, -0.25) is 4.79 Å². The first-order valence-corrected chi connectivity index (χ1v) is 8.60. The normalized spacial score (nSPS) is 10.4. The maximum atomic E-state index is 11.4. The fourth-order valence-electron chi connectivity index (χ4n) is 2.49. The van der Waals surface area contributed by atoms with E-state index in [0.29, 0.717) is 29.6 Å². The van der Waals surface area contributed by atoms with Crippen molar-refractivity contribution in [3.8, 4) is 0 Å². The lowest BCUT2D eigenvalue weighted by Gasteiger charge is -2.11. The van der Waals surface area contributed by atoms with E-state index in [4.69, 9.17) is 11.6 Å². The van der Waals surface area contributed by atoms with E-state index in [2.05, 4.69) is 20.6 Å². The zero-order valence-electron chi connectivity index (χ0n) is 14.6. The van der Waals surface area contributed by atoms with Crippen LogP contribution in [-0.4, -0.2) is 15.8 Å². The second-order valence-electron chi connectivity index (χ2n) is 5.89. The van der Waals surface area contributed by atoms with Gasteiger partial charge >= 0.3 is 0 Å². The number of hydrogen-bond donors (Lipinski definition) is 2. The maximum Gasteiger partial charge on any atom is 0.159 e. The Kier molecular flexibility index (Phi) is 5.49. The van der Waals surface area contributed by atoms with Gasteiger partial charge in [0.1, 0.15) is 17.5 Å². The minimum atomic E-state index is 0.0421. The summed E-state index contributed by atoms with van der Waals surface area (Å²) in [5, 5.41) is 7.22. The molecule has 2 aromatic carbocycles. The molecule has 5 nitrogen and oxygen atoms in total. The Labute approximate surface area is 157 Å². The van der Waals surface area contributed by atoms with E-state index in [1.54, 1.807) is 19.1 Å². The van der Waals surface area contributed by atoms with E-state index in [1.807, 2.05) is 49.4 Å². The summed E-state index contributed by atoms with van der Waals surface area (Å²) in [5.41, 5.74) is 2.53. The Balaban J connectivity index is 1.73. The molecule has 1 aromatic heterocycles. The van der Waals surface area contributed by atoms with Gasteiger partial charge in [0.15, 0.2) is 5.78 Å². The molecule has 0 spiro atoms. The summed E-state index contributed by atoms with van der Waals surface area (Å²) in [4.78, 5) is 20.2. The summed E-state index contributed by atoms with van der Waals surface area (Å²) in [6.07, 6.45) is 0. The van der Waals surface area contributed by atoms with E-state index in [-0.39, 0.29) is 5.78 Å². The number of halogens is 1. The highest BCUT2D eigenvalue weighted by Gasteiger charge is 2.05. The smallest absolute Gasteiger partial charge is 0.159 e. The lowest BCUT2D eigenvalue weighted by atomic mass is 10.1. The molecule has 0 unspecified atom stereocenters. The van der Waals surface area contributed by atoms with E-state index < -0.39 is 0 Å². The highest BCUT2D eigenvalue weighted by atomic mass is 35.5. The van der Waals surface area contributed by atoms with Gasteiger partial charge in [-0.15, -0.1) is 0 Å². The van der Waals surface area contributed by atoms with Crippen LogP contribution < -0.4 is 10.6 Å². The summed E-state index contributed by atoms with van der Waals surface area (Å²) in [5.74, 6) is 2.08. The first kappa shape index (κ1) is 17.9. The number of Topliss-reactive ketones (excluding diaryl/α,β-unsaturated/α-hetero) is 1. The molecule has 2 N–H and O–H groups in total. The number of rotatable bonds is 6. The van der Waals surface area contributed by atoms with Crippen LogP contribution in [0.4, 0.5) is 17.3 Å². The van der Waals surface area contributed by atoms with Gasteiger partial charge in [-0.2, -0.15) is 0 Å². The molecule has 0 amide bonds. The lowest BCUT2D eigenvalue weighted by Crippen LogP contribution is -2.05. The van der Waals surface area contributed by atoms with Gasteiger partial charge in [0.25, 0.3) is 0 Å². The maximum absolute atomic E-state index is 11.4. The quantitative estimate of drug-likeness (QED) is 0.601. The Bertz CT molecular complexity index is 925. The third-order valence-corrected chi connectivity index (χ3v) is 4.19. The van der Waals surface area contributed by atoms with Crippen LogP contribution >= 0.6 is 11.6 Å². The monoisotopic (exact) mass is 366 g/mol. The van der Waals surface area contributed by atoms with E-state index in [0.717, 1.165) is 16.3 Å². The van der Waals surface area contributed by atoms with Crippen molar-refractivity contribution in [1.82, 2.24) is 9.97 Å². The topological polar surface area (TPSA) is 66.9 Å². The fourth-order valence-corrected chi connectivity index (χ4v) is 2.69. The third-order valence-electron chi connectivity index (χ3n) is 3.82. The predicted molar refractivity (Wildman–Crippen MR) is 105 cm³/mol. The van der Waals surface area contributed by atoms with Gasteiger partial charge in [0.2, 0.25) is 0 Å². The molecule has 3 rings (SSSR count). The summed E-state index contributed by atoms with van der Waals surface area (Å²) >= 11 is 6.19. The Morgan fingerprint density at radius 3 is 2.42 bits per heavy atom. The SMILES string of the molecule is CC(=O)c1ccc(Nc2cc(NCc3ccccc3Cl)nc(C)n2)cc1. The Morgan fingerprint density at radius 1 is 1.04 bits per heavy atom. The number of ketones is 1. The average molecular weight is 367 g/mol. The van der Waals surface area contributed by atoms with E-state index in [1.165, 1.54) is 0 Å². The molecule has 3 aromatic rings. The highest BCUT2D eigenvalue weighted by Crippen LogP contribution is 2.20. The van der Waals surface area contributed by atoms with Gasteiger partial charge in [-0.1, -0.05) is 29.8 Å². The summed E-state index contributed by atoms with van der Waals surface area (Å²) in [7, 11) is 0. The van der Waals surface area contributed by atoms with Crippen molar-refractivity contribution in [2.45, 2.75) is 20.4 Å². The van der Waals surface area contributed by atoms with Gasteiger partial charge in [-0.25, -0.2) is 9.97 Å². The average Bonchev–Trinajstić information content (AvgIpc) is 2.61. The number of anilines is 3. The van der Waals surface area contributed by atoms with E-state index in [9.17, 15) is 4.79 Å². The second-order valence-corrected chi connectivity index (χ2v) is 6.30. The van der Waals surface area contributed by atoms with Gasteiger partial charge in [0.05, 0.1) is 0 Å². The fraction of sp³-hybridized carbons (Fsp3) is 0.150. The van der Waals surface area contributed by atoms with Crippen LogP contribution in [0.15, 0.2) is 54.6 Å². The van der Waals surface area contributed by atoms with Crippen molar-refractivity contribution in [3.63, 3.8) is 0 Å². The number of aryl methyl sites for hydroxylation is 1. The predicted octanol–water partition coefficient (Wildman–Crippen LogP) is 5.00. The molecule has 26 heavy (non-hydrogen) atoms. The minimum absolute atomic E-state index is 0.0421. The largest absolute Gasteiger partial charge is 0.366 e. The van der Waals surface area contributed by atoms with Crippen LogP contribution in [0.5, 0.6) is 0 Å². The number of aromatic nitrogens is 2. The molecule has 0 aliphatic heterocycles. The molecular formula is C20H19ClN4O. The summed E-state index contributed by atoms with van der Waals surface area (Å²) in [6.45, 7) is 3.96. The molecule has 0 aliphatic rings. The zero-order valence-corrected chi connectivity index (χ0v) is 15.3. The van der Waals surface area contributed by atoms with Crippen molar-refractivity contribution in [1.29, 1.82) is 0 Å². The molecule has 1 heterocycles. The standard InChI is InChI=1S/C20H19ClN4O/c1-13(26)15-7-9-17(10-8-15)25-20-11-19(23-14(2)24-20)22-12-16-5-3-4-6-18(16)21/h3-11H,12H2,1-2H3,(H2,22,23,24,25). The molecule has 132 valence electrons. The van der Waals surface area contributed by atoms with Gasteiger partial charge in [-0.05, 0) is 49.7 Å². The number of carbonyl (C=O) groups is 1. The van der Waals surface area contributed by atoms with Crippen LogP contribution in [0.2, 0.25) is 5.02 Å². The van der Waals surface area contributed by atoms with Crippen LogP contribution in [0.1, 0.15) is 28.7 Å². The number of hydrogen-bond acceptors (Lipinski definition) is 5. The van der Waals surface area contributed by atoms with Crippen LogP contribution in [0.3, 0.4) is 0 Å². The number of nitrogens with zero attached hydrogens (tertiary/aromatic N) is 2.